The number of aliphatic hydroxyl groups excluding tert-OH is 1. The van der Waals surface area contributed by atoms with Crippen molar-refractivity contribution in [1.29, 1.82) is 0 Å². The van der Waals surface area contributed by atoms with Gasteiger partial charge < -0.3 is 24.1 Å². The molecule has 2 atom stereocenters. The lowest BCUT2D eigenvalue weighted by Gasteiger charge is -2.22. The first-order valence-corrected chi connectivity index (χ1v) is 14.7. The van der Waals surface area contributed by atoms with E-state index in [1.165, 1.54) is 23.7 Å². The molecule has 230 valence electrons. The summed E-state index contributed by atoms with van der Waals surface area (Å²) in [5.41, 5.74) is -0.780. The number of halogens is 4. The molecule has 1 aliphatic heterocycles. The van der Waals surface area contributed by atoms with Gasteiger partial charge in [-0.2, -0.15) is 0 Å². The molecule has 4 aromatic rings. The Kier molecular flexibility index (Phi) is 9.47. The van der Waals surface area contributed by atoms with Crippen LogP contribution in [0.2, 0.25) is 5.02 Å². The van der Waals surface area contributed by atoms with Crippen molar-refractivity contribution in [2.45, 2.75) is 51.0 Å². The van der Waals surface area contributed by atoms with Gasteiger partial charge in [0.05, 0.1) is 17.6 Å². The van der Waals surface area contributed by atoms with Crippen LogP contribution in [-0.4, -0.2) is 40.1 Å². The SMILES string of the molecule is Cn1c(=O)n(CCCOC2CCCCO2)c(=O)c2c(C(O)c3ccc(Cl)cc3)c(Oc3cccc(OC(F)(F)F)c3)sc21. The van der Waals surface area contributed by atoms with Gasteiger partial charge in [-0.25, -0.2) is 4.79 Å². The number of aryl methyl sites for hydroxylation is 1. The third kappa shape index (κ3) is 7.24. The fraction of sp³-hybridized carbons (Fsp3) is 0.379. The highest BCUT2D eigenvalue weighted by molar-refractivity contribution is 7.20. The molecular formula is C29H28ClF3N2O7S. The van der Waals surface area contributed by atoms with Crippen molar-refractivity contribution < 1.29 is 37.2 Å². The van der Waals surface area contributed by atoms with Gasteiger partial charge in [0.2, 0.25) is 0 Å². The number of hydrogen-bond acceptors (Lipinski definition) is 8. The van der Waals surface area contributed by atoms with Crippen molar-refractivity contribution in [1.82, 2.24) is 9.13 Å². The van der Waals surface area contributed by atoms with E-state index in [2.05, 4.69) is 4.74 Å². The molecule has 0 aliphatic carbocycles. The van der Waals surface area contributed by atoms with Gasteiger partial charge in [0, 0.05) is 31.3 Å². The first-order chi connectivity index (χ1) is 20.5. The summed E-state index contributed by atoms with van der Waals surface area (Å²) in [5.74, 6) is -0.549. The Morgan fingerprint density at radius 3 is 2.58 bits per heavy atom. The van der Waals surface area contributed by atoms with Crippen LogP contribution in [0, 0.1) is 0 Å². The predicted molar refractivity (Wildman–Crippen MR) is 154 cm³/mol. The molecular weight excluding hydrogens is 613 g/mol. The molecule has 0 amide bonds. The van der Waals surface area contributed by atoms with Crippen LogP contribution in [-0.2, 0) is 23.1 Å². The zero-order valence-electron chi connectivity index (χ0n) is 22.9. The number of ether oxygens (including phenoxy) is 4. The maximum Gasteiger partial charge on any atom is 0.573 e. The highest BCUT2D eigenvalue weighted by Crippen LogP contribution is 2.44. The average Bonchev–Trinajstić information content (AvgIpc) is 3.34. The molecule has 9 nitrogen and oxygen atoms in total. The largest absolute Gasteiger partial charge is 0.573 e. The average molecular weight is 641 g/mol. The standard InChI is InChI=1S/C29H28ClF3N2O7S/c1-34-26-23(25(37)35(28(34)38)13-5-15-40-21-8-2-3-14-39-21)22(24(36)17-9-11-18(30)12-10-17)27(43-26)41-19-6-4-7-20(16-19)42-29(31,32)33/h4,6-7,9-12,16,21,24,36H,2-3,5,8,13-15H2,1H3. The molecule has 43 heavy (non-hydrogen) atoms. The number of benzene rings is 2. The summed E-state index contributed by atoms with van der Waals surface area (Å²) in [5, 5.41) is 12.0. The van der Waals surface area contributed by atoms with Crippen LogP contribution in [0.3, 0.4) is 0 Å². The van der Waals surface area contributed by atoms with E-state index in [1.807, 2.05) is 0 Å². The normalized spacial score (nSPS) is 16.4. The third-order valence-electron chi connectivity index (χ3n) is 6.85. The van der Waals surface area contributed by atoms with Crippen molar-refractivity contribution in [3.8, 4) is 16.6 Å². The van der Waals surface area contributed by atoms with Crippen molar-refractivity contribution in [3.05, 3.63) is 85.5 Å². The molecule has 0 radical (unpaired) electrons. The van der Waals surface area contributed by atoms with Gasteiger partial charge in [0.15, 0.2) is 11.4 Å². The maximum atomic E-state index is 13.8. The monoisotopic (exact) mass is 640 g/mol. The van der Waals surface area contributed by atoms with E-state index in [-0.39, 0.29) is 46.0 Å². The van der Waals surface area contributed by atoms with E-state index >= 15 is 0 Å². The smallest absolute Gasteiger partial charge is 0.446 e. The van der Waals surface area contributed by atoms with Crippen LogP contribution in [0.15, 0.2) is 58.1 Å². The molecule has 0 saturated carbocycles. The fourth-order valence-corrected chi connectivity index (χ4v) is 6.08. The van der Waals surface area contributed by atoms with Crippen LogP contribution >= 0.6 is 22.9 Å². The van der Waals surface area contributed by atoms with Crippen molar-refractivity contribution in [2.75, 3.05) is 13.2 Å². The lowest BCUT2D eigenvalue weighted by atomic mass is 10.0. The number of aromatic nitrogens is 2. The maximum absolute atomic E-state index is 13.8. The second-order valence-corrected chi connectivity index (χ2v) is 11.3. The van der Waals surface area contributed by atoms with Crippen molar-refractivity contribution in [3.63, 3.8) is 0 Å². The van der Waals surface area contributed by atoms with Gasteiger partial charge in [-0.15, -0.1) is 13.2 Å². The van der Waals surface area contributed by atoms with Crippen molar-refractivity contribution >= 4 is 33.2 Å². The minimum atomic E-state index is -4.91. The Morgan fingerprint density at radius 1 is 1.14 bits per heavy atom. The van der Waals surface area contributed by atoms with Gasteiger partial charge in [-0.05, 0) is 55.5 Å². The molecule has 1 saturated heterocycles. The Labute approximate surface area is 252 Å². The summed E-state index contributed by atoms with van der Waals surface area (Å²) in [4.78, 5) is 27.3. The van der Waals surface area contributed by atoms with Gasteiger partial charge >= 0.3 is 12.1 Å². The summed E-state index contributed by atoms with van der Waals surface area (Å²) < 4.78 is 62.0. The van der Waals surface area contributed by atoms with Gasteiger partial charge in [0.1, 0.15) is 22.4 Å². The van der Waals surface area contributed by atoms with Crippen LogP contribution in [0.1, 0.15) is 42.9 Å². The summed E-state index contributed by atoms with van der Waals surface area (Å²) >= 11 is 6.94. The quantitative estimate of drug-likeness (QED) is 0.208. The number of rotatable bonds is 10. The predicted octanol–water partition coefficient (Wildman–Crippen LogP) is 6.12. The third-order valence-corrected chi connectivity index (χ3v) is 8.26. The molecule has 5 rings (SSSR count). The first kappa shape index (κ1) is 31.1. The number of fused-ring (bicyclic) bond motifs is 1. The van der Waals surface area contributed by atoms with E-state index < -0.39 is 29.5 Å². The second-order valence-electron chi connectivity index (χ2n) is 9.88. The topological polar surface area (TPSA) is 101 Å². The Bertz CT molecular complexity index is 1700. The van der Waals surface area contributed by atoms with Crippen LogP contribution < -0.4 is 20.7 Å². The molecule has 2 unspecified atom stereocenters. The van der Waals surface area contributed by atoms with Gasteiger partial charge in [0.25, 0.3) is 5.56 Å². The van der Waals surface area contributed by atoms with Gasteiger partial charge in [-0.1, -0.05) is 41.1 Å². The van der Waals surface area contributed by atoms with Gasteiger partial charge in [-0.3, -0.25) is 13.9 Å². The molecule has 14 heteroatoms. The molecule has 1 N–H and O–H groups in total. The highest BCUT2D eigenvalue weighted by Gasteiger charge is 2.32. The summed E-state index contributed by atoms with van der Waals surface area (Å²) in [7, 11) is 1.49. The van der Waals surface area contributed by atoms with E-state index in [9.17, 15) is 27.9 Å². The summed E-state index contributed by atoms with van der Waals surface area (Å²) in [6.07, 6.45) is -3.51. The Hall–Kier alpha value is -3.36. The molecule has 3 heterocycles. The Balaban J connectivity index is 1.54. The minimum Gasteiger partial charge on any atom is -0.446 e. The number of nitrogens with zero attached hydrogens (tertiary/aromatic N) is 2. The van der Waals surface area contributed by atoms with Crippen LogP contribution in [0.4, 0.5) is 13.2 Å². The molecule has 0 bridgehead atoms. The van der Waals surface area contributed by atoms with Crippen LogP contribution in [0.5, 0.6) is 16.6 Å². The lowest BCUT2D eigenvalue weighted by molar-refractivity contribution is -0.274. The first-order valence-electron chi connectivity index (χ1n) is 13.5. The van der Waals surface area contributed by atoms with Crippen molar-refractivity contribution in [2.24, 2.45) is 7.05 Å². The molecule has 1 fully saturated rings. The van der Waals surface area contributed by atoms with Crippen LogP contribution in [0.25, 0.3) is 10.2 Å². The second kappa shape index (κ2) is 13.1. The summed E-state index contributed by atoms with van der Waals surface area (Å²) in [6, 6.07) is 11.1. The van der Waals surface area contributed by atoms with E-state index in [4.69, 9.17) is 25.8 Å². The minimum absolute atomic E-state index is 0.0178. The number of hydrogen-bond donors (Lipinski definition) is 1. The molecule has 0 spiro atoms. The molecule has 2 aromatic heterocycles. The Morgan fingerprint density at radius 2 is 1.88 bits per heavy atom. The fourth-order valence-electron chi connectivity index (χ4n) is 4.80. The number of alkyl halides is 3. The lowest BCUT2D eigenvalue weighted by Crippen LogP contribution is -2.39. The highest BCUT2D eigenvalue weighted by atomic mass is 35.5. The molecule has 2 aromatic carbocycles. The zero-order chi connectivity index (χ0) is 30.7. The molecule has 1 aliphatic rings. The number of aliphatic hydroxyl groups is 1. The summed E-state index contributed by atoms with van der Waals surface area (Å²) in [6.45, 7) is 0.947. The number of thiophene rings is 1. The van der Waals surface area contributed by atoms with E-state index in [1.54, 1.807) is 24.3 Å². The van der Waals surface area contributed by atoms with E-state index in [0.29, 0.717) is 23.6 Å². The zero-order valence-corrected chi connectivity index (χ0v) is 24.5. The van der Waals surface area contributed by atoms with E-state index in [0.717, 1.165) is 47.3 Å².